The summed E-state index contributed by atoms with van der Waals surface area (Å²) in [5.41, 5.74) is 0. The fraction of sp³-hybridized carbons (Fsp3) is 0.935. The van der Waals surface area contributed by atoms with Crippen LogP contribution in [0.2, 0.25) is 0 Å². The molecule has 1 atom stereocenters. The summed E-state index contributed by atoms with van der Waals surface area (Å²) in [7, 11) is 0. The molecule has 308 valence electrons. The SMILES string of the molecule is CCCCCCCCCCCCC(=O)OC[C@@H](COC(=O)CCCCCCCCC(C)C)OC(=O)CCCCCCCCCCCCCCC(C)C. The molecule has 0 amide bonds. The quantitative estimate of drug-likeness (QED) is 0.0354. The van der Waals surface area contributed by atoms with E-state index in [1.54, 1.807) is 0 Å². The summed E-state index contributed by atoms with van der Waals surface area (Å²) in [5.74, 6) is 0.733. The van der Waals surface area contributed by atoms with Gasteiger partial charge in [0.15, 0.2) is 6.10 Å². The third-order valence-electron chi connectivity index (χ3n) is 10.2. The van der Waals surface area contributed by atoms with Gasteiger partial charge in [-0.05, 0) is 31.1 Å². The first-order valence-corrected chi connectivity index (χ1v) is 22.7. The molecule has 0 aromatic carbocycles. The molecule has 0 aliphatic carbocycles. The number of unbranched alkanes of at least 4 members (excludes halogenated alkanes) is 25. The van der Waals surface area contributed by atoms with Crippen LogP contribution < -0.4 is 0 Å². The van der Waals surface area contributed by atoms with Gasteiger partial charge in [-0.1, -0.05) is 208 Å². The molecule has 0 spiro atoms. The topological polar surface area (TPSA) is 78.9 Å². The Morgan fingerprint density at radius 2 is 0.635 bits per heavy atom. The van der Waals surface area contributed by atoms with Gasteiger partial charge in [-0.15, -0.1) is 0 Å². The molecule has 0 rings (SSSR count). The Kier molecular flexibility index (Phi) is 37.9. The van der Waals surface area contributed by atoms with E-state index in [-0.39, 0.29) is 31.1 Å². The molecule has 52 heavy (non-hydrogen) atoms. The van der Waals surface area contributed by atoms with Crippen molar-refractivity contribution in [3.8, 4) is 0 Å². The van der Waals surface area contributed by atoms with E-state index in [1.807, 2.05) is 0 Å². The Hall–Kier alpha value is -1.59. The lowest BCUT2D eigenvalue weighted by molar-refractivity contribution is -0.167. The second kappa shape index (κ2) is 39.1. The summed E-state index contributed by atoms with van der Waals surface area (Å²) >= 11 is 0. The van der Waals surface area contributed by atoms with Crippen LogP contribution in [-0.2, 0) is 28.6 Å². The standard InChI is InChI=1S/C46H88O6/c1-6-7-8-9-10-11-17-20-26-31-36-44(47)50-39-43(40-51-45(48)37-32-27-23-22-25-30-35-42(4)5)52-46(49)38-33-28-21-18-15-13-12-14-16-19-24-29-34-41(2)3/h41-43H,6-40H2,1-5H3/t43-/m0/s1. The fourth-order valence-corrected chi connectivity index (χ4v) is 6.75. The Labute approximate surface area is 323 Å². The average Bonchev–Trinajstić information content (AvgIpc) is 3.11. The molecule has 0 saturated heterocycles. The molecular formula is C46H88O6. The normalized spacial score (nSPS) is 12.1. The Balaban J connectivity index is 4.31. The third kappa shape index (κ3) is 39.6. The predicted octanol–water partition coefficient (Wildman–Crippen LogP) is 14.2. The first-order chi connectivity index (χ1) is 25.2. The largest absolute Gasteiger partial charge is 0.462 e. The molecule has 0 aromatic rings. The van der Waals surface area contributed by atoms with Gasteiger partial charge in [-0.2, -0.15) is 0 Å². The number of hydrogen-bond donors (Lipinski definition) is 0. The highest BCUT2D eigenvalue weighted by atomic mass is 16.6. The van der Waals surface area contributed by atoms with Crippen LogP contribution in [0.5, 0.6) is 0 Å². The monoisotopic (exact) mass is 737 g/mol. The molecule has 0 unspecified atom stereocenters. The van der Waals surface area contributed by atoms with Crippen molar-refractivity contribution >= 4 is 17.9 Å². The number of hydrogen-bond acceptors (Lipinski definition) is 6. The molecule has 0 saturated carbocycles. The number of ether oxygens (including phenoxy) is 3. The van der Waals surface area contributed by atoms with E-state index < -0.39 is 6.10 Å². The van der Waals surface area contributed by atoms with Crippen LogP contribution in [-0.4, -0.2) is 37.2 Å². The van der Waals surface area contributed by atoms with E-state index in [0.29, 0.717) is 19.3 Å². The van der Waals surface area contributed by atoms with Gasteiger partial charge in [0.2, 0.25) is 0 Å². The van der Waals surface area contributed by atoms with Crippen LogP contribution in [0, 0.1) is 11.8 Å². The summed E-state index contributed by atoms with van der Waals surface area (Å²) in [5, 5.41) is 0. The van der Waals surface area contributed by atoms with Crippen LogP contribution in [0.1, 0.15) is 247 Å². The highest BCUT2D eigenvalue weighted by Crippen LogP contribution is 2.16. The van der Waals surface area contributed by atoms with Gasteiger partial charge in [-0.3, -0.25) is 14.4 Å². The average molecular weight is 737 g/mol. The minimum Gasteiger partial charge on any atom is -0.462 e. The zero-order valence-electron chi connectivity index (χ0n) is 35.4. The molecule has 6 nitrogen and oxygen atoms in total. The number of carbonyl (C=O) groups is 3. The predicted molar refractivity (Wildman–Crippen MR) is 220 cm³/mol. The van der Waals surface area contributed by atoms with Crippen molar-refractivity contribution in [3.63, 3.8) is 0 Å². The van der Waals surface area contributed by atoms with E-state index in [2.05, 4.69) is 34.6 Å². The third-order valence-corrected chi connectivity index (χ3v) is 10.2. The molecule has 6 heteroatoms. The minimum absolute atomic E-state index is 0.0655. The highest BCUT2D eigenvalue weighted by Gasteiger charge is 2.19. The molecule has 0 heterocycles. The lowest BCUT2D eigenvalue weighted by Crippen LogP contribution is -2.30. The second-order valence-corrected chi connectivity index (χ2v) is 16.6. The van der Waals surface area contributed by atoms with E-state index in [4.69, 9.17) is 14.2 Å². The maximum atomic E-state index is 12.7. The van der Waals surface area contributed by atoms with Crippen molar-refractivity contribution < 1.29 is 28.6 Å². The number of esters is 3. The zero-order chi connectivity index (χ0) is 38.3. The maximum Gasteiger partial charge on any atom is 0.306 e. The summed E-state index contributed by atoms with van der Waals surface area (Å²) in [4.78, 5) is 37.6. The second-order valence-electron chi connectivity index (χ2n) is 16.6. The van der Waals surface area contributed by atoms with E-state index in [0.717, 1.165) is 69.6 Å². The van der Waals surface area contributed by atoms with E-state index in [1.165, 1.54) is 135 Å². The van der Waals surface area contributed by atoms with Gasteiger partial charge in [0.1, 0.15) is 13.2 Å². The van der Waals surface area contributed by atoms with Gasteiger partial charge < -0.3 is 14.2 Å². The maximum absolute atomic E-state index is 12.7. The molecule has 0 bridgehead atoms. The lowest BCUT2D eigenvalue weighted by atomic mass is 10.0. The molecular weight excluding hydrogens is 648 g/mol. The van der Waals surface area contributed by atoms with Crippen LogP contribution in [0.4, 0.5) is 0 Å². The van der Waals surface area contributed by atoms with Crippen molar-refractivity contribution in [1.82, 2.24) is 0 Å². The van der Waals surface area contributed by atoms with Crippen molar-refractivity contribution in [2.45, 2.75) is 253 Å². The highest BCUT2D eigenvalue weighted by molar-refractivity contribution is 5.71. The number of rotatable bonds is 40. The molecule has 0 N–H and O–H groups in total. The molecule has 0 aliphatic heterocycles. The molecule has 0 aliphatic rings. The van der Waals surface area contributed by atoms with Gasteiger partial charge in [0, 0.05) is 19.3 Å². The Morgan fingerprint density at radius 3 is 0.942 bits per heavy atom. The first kappa shape index (κ1) is 50.4. The summed E-state index contributed by atoms with van der Waals surface area (Å²) in [6.45, 7) is 11.3. The van der Waals surface area contributed by atoms with Crippen molar-refractivity contribution in [3.05, 3.63) is 0 Å². The molecule has 0 radical (unpaired) electrons. The fourth-order valence-electron chi connectivity index (χ4n) is 6.75. The Bertz CT molecular complexity index is 794. The minimum atomic E-state index is -0.760. The van der Waals surface area contributed by atoms with Gasteiger partial charge >= 0.3 is 17.9 Å². The van der Waals surface area contributed by atoms with Gasteiger partial charge in [0.25, 0.3) is 0 Å². The smallest absolute Gasteiger partial charge is 0.306 e. The number of carbonyl (C=O) groups excluding carboxylic acids is 3. The lowest BCUT2D eigenvalue weighted by Gasteiger charge is -2.18. The van der Waals surface area contributed by atoms with Crippen LogP contribution in [0.25, 0.3) is 0 Å². The molecule has 0 aromatic heterocycles. The van der Waals surface area contributed by atoms with Crippen LogP contribution >= 0.6 is 0 Å². The van der Waals surface area contributed by atoms with E-state index in [9.17, 15) is 14.4 Å². The zero-order valence-corrected chi connectivity index (χ0v) is 35.4. The van der Waals surface area contributed by atoms with Crippen LogP contribution in [0.15, 0.2) is 0 Å². The van der Waals surface area contributed by atoms with Crippen molar-refractivity contribution in [2.75, 3.05) is 13.2 Å². The first-order valence-electron chi connectivity index (χ1n) is 22.7. The Morgan fingerprint density at radius 1 is 0.365 bits per heavy atom. The summed E-state index contributed by atoms with van der Waals surface area (Å²) < 4.78 is 16.7. The van der Waals surface area contributed by atoms with Gasteiger partial charge in [-0.25, -0.2) is 0 Å². The van der Waals surface area contributed by atoms with Crippen LogP contribution in [0.3, 0.4) is 0 Å². The van der Waals surface area contributed by atoms with Crippen molar-refractivity contribution in [2.24, 2.45) is 11.8 Å². The molecule has 0 fully saturated rings. The van der Waals surface area contributed by atoms with Gasteiger partial charge in [0.05, 0.1) is 0 Å². The summed E-state index contributed by atoms with van der Waals surface area (Å²) in [6, 6.07) is 0. The summed E-state index contributed by atoms with van der Waals surface area (Å²) in [6.07, 6.45) is 36.7. The van der Waals surface area contributed by atoms with E-state index >= 15 is 0 Å². The van der Waals surface area contributed by atoms with Crippen molar-refractivity contribution in [1.29, 1.82) is 0 Å².